The van der Waals surface area contributed by atoms with E-state index in [-0.39, 0.29) is 23.6 Å². The second-order valence-corrected chi connectivity index (χ2v) is 12.0. The maximum absolute atomic E-state index is 13.9. The van der Waals surface area contributed by atoms with E-state index in [0.29, 0.717) is 12.8 Å². The summed E-state index contributed by atoms with van der Waals surface area (Å²) in [6.07, 6.45) is 5.48. The highest BCUT2D eigenvalue weighted by molar-refractivity contribution is 5.80. The molecule has 2 N–H and O–H groups in total. The number of nitrogens with zero attached hydrogens (tertiary/aromatic N) is 3. The molecule has 2 saturated heterocycles. The van der Waals surface area contributed by atoms with Crippen molar-refractivity contribution < 1.29 is 15.0 Å². The highest BCUT2D eigenvalue weighted by atomic mass is 16.3. The number of anilines is 1. The molecule has 2 bridgehead atoms. The zero-order valence-corrected chi connectivity index (χ0v) is 21.0. The molecule has 0 unspecified atom stereocenters. The highest BCUT2D eigenvalue weighted by Crippen LogP contribution is 2.62. The number of likely N-dealkylation sites (tertiary alicyclic amines) is 1. The number of hydrogen-bond donors (Lipinski definition) is 2. The number of phenolic OH excluding ortho intramolecular Hbond substituents is 1. The van der Waals surface area contributed by atoms with E-state index in [4.69, 9.17) is 0 Å². The minimum Gasteiger partial charge on any atom is -0.508 e. The van der Waals surface area contributed by atoms with Gasteiger partial charge in [0.05, 0.1) is 5.60 Å². The van der Waals surface area contributed by atoms with Gasteiger partial charge < -0.3 is 20.0 Å². The third-order valence-electron chi connectivity index (χ3n) is 10.1. The van der Waals surface area contributed by atoms with Crippen molar-refractivity contribution in [3.05, 3.63) is 59.7 Å². The third-order valence-corrected chi connectivity index (χ3v) is 10.1. The van der Waals surface area contributed by atoms with Crippen LogP contribution in [0.2, 0.25) is 0 Å². The molecule has 4 fully saturated rings. The van der Waals surface area contributed by atoms with Crippen molar-refractivity contribution in [1.82, 2.24) is 9.80 Å². The van der Waals surface area contributed by atoms with Crippen molar-refractivity contribution in [1.29, 1.82) is 0 Å². The molecule has 2 aromatic rings. The summed E-state index contributed by atoms with van der Waals surface area (Å²) in [5.41, 5.74) is 2.18. The van der Waals surface area contributed by atoms with Crippen LogP contribution >= 0.6 is 0 Å². The van der Waals surface area contributed by atoms with Crippen LogP contribution in [0, 0.1) is 11.8 Å². The molecule has 2 saturated carbocycles. The Bertz CT molecular complexity index is 1160. The summed E-state index contributed by atoms with van der Waals surface area (Å²) < 4.78 is 0. The van der Waals surface area contributed by atoms with Gasteiger partial charge in [-0.15, -0.1) is 0 Å². The van der Waals surface area contributed by atoms with E-state index in [1.165, 1.54) is 24.1 Å². The number of carbonyl (C=O) groups is 1. The Morgan fingerprint density at radius 2 is 1.75 bits per heavy atom. The first-order chi connectivity index (χ1) is 17.5. The van der Waals surface area contributed by atoms with Gasteiger partial charge in [0.2, 0.25) is 5.91 Å². The number of rotatable bonds is 4. The lowest BCUT2D eigenvalue weighted by molar-refractivity contribution is -0.139. The Morgan fingerprint density at radius 1 is 0.972 bits per heavy atom. The molecule has 4 atom stereocenters. The molecule has 0 spiro atoms. The van der Waals surface area contributed by atoms with Crippen molar-refractivity contribution in [3.63, 3.8) is 0 Å². The summed E-state index contributed by atoms with van der Waals surface area (Å²) in [5.74, 6) is 1.06. The number of aromatic hydroxyl groups is 1. The molecule has 1 amide bonds. The fourth-order valence-corrected chi connectivity index (χ4v) is 8.09. The molecule has 0 aromatic heterocycles. The number of amides is 1. The van der Waals surface area contributed by atoms with Gasteiger partial charge in [-0.2, -0.15) is 0 Å². The van der Waals surface area contributed by atoms with Gasteiger partial charge in [-0.25, -0.2) is 0 Å². The van der Waals surface area contributed by atoms with E-state index < -0.39 is 11.0 Å². The SMILES string of the molecule is O=C([C@H]1C[C@]23CCN(CC4CC4)[C@H](Cc4ccc(O)cc42)[C@]3(O)C1)N1CCN(c2ccccc2)CC1. The summed E-state index contributed by atoms with van der Waals surface area (Å²) in [4.78, 5) is 20.8. The van der Waals surface area contributed by atoms with E-state index >= 15 is 0 Å². The maximum atomic E-state index is 13.9. The molecule has 6 nitrogen and oxygen atoms in total. The molecule has 2 aromatic carbocycles. The lowest BCUT2D eigenvalue weighted by Gasteiger charge is -2.59. The van der Waals surface area contributed by atoms with Gasteiger partial charge in [0, 0.05) is 55.8 Å². The van der Waals surface area contributed by atoms with Gasteiger partial charge in [0.1, 0.15) is 5.75 Å². The minimum absolute atomic E-state index is 0.0524. The Labute approximate surface area is 213 Å². The Morgan fingerprint density at radius 3 is 2.50 bits per heavy atom. The van der Waals surface area contributed by atoms with Gasteiger partial charge in [0.15, 0.2) is 0 Å². The lowest BCUT2D eigenvalue weighted by Crippen LogP contribution is -2.69. The molecule has 0 radical (unpaired) electrons. The summed E-state index contributed by atoms with van der Waals surface area (Å²) in [7, 11) is 0. The first-order valence-corrected chi connectivity index (χ1v) is 13.8. The van der Waals surface area contributed by atoms with Crippen LogP contribution in [-0.4, -0.2) is 76.8 Å². The number of hydrogen-bond acceptors (Lipinski definition) is 5. The second-order valence-electron chi connectivity index (χ2n) is 12.0. The Balaban J connectivity index is 1.15. The zero-order chi connectivity index (χ0) is 24.5. The molecular weight excluding hydrogens is 450 g/mol. The molecule has 190 valence electrons. The fraction of sp³-hybridized carbons (Fsp3) is 0.567. The number of benzene rings is 2. The third kappa shape index (κ3) is 3.41. The van der Waals surface area contributed by atoms with Crippen LogP contribution in [-0.2, 0) is 16.6 Å². The van der Waals surface area contributed by atoms with Crippen LogP contribution < -0.4 is 4.90 Å². The molecular formula is C30H37N3O3. The number of aliphatic hydroxyl groups is 1. The molecule has 36 heavy (non-hydrogen) atoms. The molecule has 5 aliphatic rings. The van der Waals surface area contributed by atoms with E-state index in [1.54, 1.807) is 6.07 Å². The topological polar surface area (TPSA) is 67.2 Å². The number of phenols is 1. The van der Waals surface area contributed by atoms with Gasteiger partial charge in [-0.3, -0.25) is 9.69 Å². The van der Waals surface area contributed by atoms with Crippen molar-refractivity contribution >= 4 is 11.6 Å². The van der Waals surface area contributed by atoms with E-state index in [0.717, 1.165) is 63.6 Å². The number of para-hydroxylation sites is 1. The minimum atomic E-state index is -0.923. The summed E-state index contributed by atoms with van der Waals surface area (Å²) in [6.45, 7) is 5.17. The normalized spacial score (nSPS) is 33.8. The van der Waals surface area contributed by atoms with E-state index in [9.17, 15) is 15.0 Å². The van der Waals surface area contributed by atoms with Crippen LogP contribution in [0.3, 0.4) is 0 Å². The average molecular weight is 488 g/mol. The second kappa shape index (κ2) is 8.22. The molecule has 6 heteroatoms. The van der Waals surface area contributed by atoms with Gasteiger partial charge in [0.25, 0.3) is 0 Å². The van der Waals surface area contributed by atoms with Crippen molar-refractivity contribution in [2.45, 2.75) is 55.6 Å². The summed E-state index contributed by atoms with van der Waals surface area (Å²) >= 11 is 0. The average Bonchev–Trinajstić information content (AvgIpc) is 3.65. The van der Waals surface area contributed by atoms with Crippen LogP contribution in [0.4, 0.5) is 5.69 Å². The standard InChI is InChI=1S/C30H37N3O3/c34-25-9-8-22-16-27-30(36)19-23(18-29(30,26(22)17-25)10-11-33(27)20-21-6-7-21)28(35)32-14-12-31(13-15-32)24-4-2-1-3-5-24/h1-5,8-9,17,21,23,27,34,36H,6-7,10-16,18-20H2/t23-,27+,29+,30+/m0/s1. The first kappa shape index (κ1) is 22.6. The zero-order valence-electron chi connectivity index (χ0n) is 21.0. The number of carbonyl (C=O) groups excluding carboxylic acids is 1. The number of fused-ring (bicyclic) bond motifs is 1. The number of piperazine rings is 1. The predicted molar refractivity (Wildman–Crippen MR) is 139 cm³/mol. The van der Waals surface area contributed by atoms with Crippen molar-refractivity contribution in [2.75, 3.05) is 44.2 Å². The molecule has 3 aliphatic carbocycles. The molecule has 2 heterocycles. The summed E-state index contributed by atoms with van der Waals surface area (Å²) in [6, 6.07) is 16.2. The monoisotopic (exact) mass is 487 g/mol. The Hall–Kier alpha value is -2.57. The number of piperidine rings is 1. The highest BCUT2D eigenvalue weighted by Gasteiger charge is 2.68. The smallest absolute Gasteiger partial charge is 0.225 e. The lowest BCUT2D eigenvalue weighted by atomic mass is 9.56. The molecule has 7 rings (SSSR count). The maximum Gasteiger partial charge on any atom is 0.225 e. The van der Waals surface area contributed by atoms with Gasteiger partial charge in [-0.1, -0.05) is 24.3 Å². The van der Waals surface area contributed by atoms with Crippen molar-refractivity contribution in [3.8, 4) is 5.75 Å². The predicted octanol–water partition coefficient (Wildman–Crippen LogP) is 3.16. The largest absolute Gasteiger partial charge is 0.508 e. The van der Waals surface area contributed by atoms with Crippen LogP contribution in [0.25, 0.3) is 0 Å². The Kier molecular flexibility index (Phi) is 5.16. The first-order valence-electron chi connectivity index (χ1n) is 13.8. The van der Waals surface area contributed by atoms with Crippen LogP contribution in [0.15, 0.2) is 48.5 Å². The van der Waals surface area contributed by atoms with Crippen LogP contribution in [0.5, 0.6) is 5.75 Å². The van der Waals surface area contributed by atoms with Gasteiger partial charge in [-0.05, 0) is 86.4 Å². The van der Waals surface area contributed by atoms with Crippen molar-refractivity contribution in [2.24, 2.45) is 11.8 Å². The summed E-state index contributed by atoms with van der Waals surface area (Å²) in [5, 5.41) is 22.9. The van der Waals surface area contributed by atoms with Gasteiger partial charge >= 0.3 is 0 Å². The quantitative estimate of drug-likeness (QED) is 0.694. The van der Waals surface area contributed by atoms with Crippen LogP contribution in [0.1, 0.15) is 43.2 Å². The van der Waals surface area contributed by atoms with E-state index in [1.807, 2.05) is 17.0 Å². The fourth-order valence-electron chi connectivity index (χ4n) is 8.09. The molecule has 2 aliphatic heterocycles. The van der Waals surface area contributed by atoms with E-state index in [2.05, 4.69) is 40.1 Å².